The highest BCUT2D eigenvalue weighted by molar-refractivity contribution is 9.10. The van der Waals surface area contributed by atoms with E-state index in [0.717, 1.165) is 11.4 Å². The number of hydrogen-bond donors (Lipinski definition) is 2. The summed E-state index contributed by atoms with van der Waals surface area (Å²) in [6.45, 7) is 6.22. The second kappa shape index (κ2) is 6.07. The van der Waals surface area contributed by atoms with Crippen molar-refractivity contribution < 1.29 is 4.39 Å². The molecule has 4 nitrogen and oxygen atoms in total. The van der Waals surface area contributed by atoms with Gasteiger partial charge in [0.05, 0.1) is 11.4 Å². The van der Waals surface area contributed by atoms with E-state index in [1.54, 1.807) is 6.07 Å². The molecule has 0 radical (unpaired) electrons. The van der Waals surface area contributed by atoms with Gasteiger partial charge in [-0.3, -0.25) is 0 Å². The van der Waals surface area contributed by atoms with Gasteiger partial charge in [-0.15, -0.1) is 0 Å². The molecule has 1 aliphatic carbocycles. The number of anilines is 3. The lowest BCUT2D eigenvalue weighted by molar-refractivity contribution is 0.625. The van der Waals surface area contributed by atoms with Crippen molar-refractivity contribution in [2.75, 3.05) is 10.6 Å². The first-order valence-corrected chi connectivity index (χ1v) is 8.49. The van der Waals surface area contributed by atoms with Gasteiger partial charge in [-0.25, -0.2) is 9.37 Å². The van der Waals surface area contributed by atoms with E-state index < -0.39 is 0 Å². The molecule has 0 atom stereocenters. The van der Waals surface area contributed by atoms with Crippen molar-refractivity contribution >= 4 is 33.4 Å². The van der Waals surface area contributed by atoms with E-state index in [-0.39, 0.29) is 11.4 Å². The van der Waals surface area contributed by atoms with Gasteiger partial charge < -0.3 is 10.6 Å². The molecule has 1 fully saturated rings. The highest BCUT2D eigenvalue weighted by Gasteiger charge is 2.26. The van der Waals surface area contributed by atoms with Gasteiger partial charge in [-0.2, -0.15) is 4.98 Å². The molecule has 1 aromatic carbocycles. The Morgan fingerprint density at radius 1 is 1.17 bits per heavy atom. The Labute approximate surface area is 144 Å². The zero-order valence-electron chi connectivity index (χ0n) is 13.5. The summed E-state index contributed by atoms with van der Waals surface area (Å²) >= 11 is 3.37. The average Bonchev–Trinajstić information content (AvgIpc) is 3.24. The number of benzene rings is 1. The fourth-order valence-electron chi connectivity index (χ4n) is 2.24. The van der Waals surface area contributed by atoms with Gasteiger partial charge in [-0.1, -0.05) is 0 Å². The van der Waals surface area contributed by atoms with Crippen molar-refractivity contribution in [2.24, 2.45) is 0 Å². The zero-order valence-corrected chi connectivity index (χ0v) is 15.0. The third-order valence-electron chi connectivity index (χ3n) is 3.42. The van der Waals surface area contributed by atoms with E-state index in [1.165, 1.54) is 25.0 Å². The number of hydrogen-bond acceptors (Lipinski definition) is 4. The average molecular weight is 379 g/mol. The first kappa shape index (κ1) is 16.2. The monoisotopic (exact) mass is 378 g/mol. The van der Waals surface area contributed by atoms with Crippen LogP contribution >= 0.6 is 15.9 Å². The molecule has 2 aromatic rings. The SMILES string of the molecule is CC(C)(C)Nc1nc(Nc2ccc(F)cc2Br)cc(C2CC2)n1. The van der Waals surface area contributed by atoms with Crippen molar-refractivity contribution in [3.63, 3.8) is 0 Å². The fraction of sp³-hybridized carbons (Fsp3) is 0.412. The summed E-state index contributed by atoms with van der Waals surface area (Å²) in [7, 11) is 0. The van der Waals surface area contributed by atoms with Crippen LogP contribution in [0.15, 0.2) is 28.7 Å². The number of halogens is 2. The fourth-order valence-corrected chi connectivity index (χ4v) is 2.69. The largest absolute Gasteiger partial charge is 0.350 e. The minimum atomic E-state index is -0.279. The first-order chi connectivity index (χ1) is 10.8. The maximum Gasteiger partial charge on any atom is 0.225 e. The van der Waals surface area contributed by atoms with E-state index in [4.69, 9.17) is 0 Å². The maximum absolute atomic E-state index is 13.2. The summed E-state index contributed by atoms with van der Waals surface area (Å²) in [5.41, 5.74) is 1.71. The standard InChI is InChI=1S/C17H20BrFN4/c1-17(2,3)23-16-21-14(10-4-5-10)9-15(22-16)20-13-7-6-11(19)8-12(13)18/h6-10H,4-5H2,1-3H3,(H2,20,21,22,23). The predicted molar refractivity (Wildman–Crippen MR) is 94.8 cm³/mol. The number of nitrogens with one attached hydrogen (secondary N) is 2. The Kier molecular flexibility index (Phi) is 4.27. The van der Waals surface area contributed by atoms with Crippen LogP contribution < -0.4 is 10.6 Å². The third-order valence-corrected chi connectivity index (χ3v) is 4.08. The van der Waals surface area contributed by atoms with Gasteiger partial charge >= 0.3 is 0 Å². The Morgan fingerprint density at radius 2 is 1.91 bits per heavy atom. The van der Waals surface area contributed by atoms with Crippen molar-refractivity contribution in [2.45, 2.75) is 45.1 Å². The number of rotatable bonds is 4. The zero-order chi connectivity index (χ0) is 16.6. The quantitative estimate of drug-likeness (QED) is 0.766. The predicted octanol–water partition coefficient (Wildman–Crippen LogP) is 5.21. The molecule has 1 aliphatic rings. The molecule has 0 spiro atoms. The molecule has 0 bridgehead atoms. The smallest absolute Gasteiger partial charge is 0.225 e. The number of aromatic nitrogens is 2. The Hall–Kier alpha value is -1.69. The van der Waals surface area contributed by atoms with Gasteiger partial charge in [0.25, 0.3) is 0 Å². The molecule has 6 heteroatoms. The van der Waals surface area contributed by atoms with Gasteiger partial charge in [0.1, 0.15) is 11.6 Å². The molecule has 3 rings (SSSR count). The molecule has 23 heavy (non-hydrogen) atoms. The van der Waals surface area contributed by atoms with Crippen molar-refractivity contribution in [1.82, 2.24) is 9.97 Å². The van der Waals surface area contributed by atoms with E-state index in [0.29, 0.717) is 22.2 Å². The number of nitrogens with zero attached hydrogens (tertiary/aromatic N) is 2. The van der Waals surface area contributed by atoms with Crippen LogP contribution in [0.1, 0.15) is 45.2 Å². The Morgan fingerprint density at radius 3 is 2.52 bits per heavy atom. The summed E-state index contributed by atoms with van der Waals surface area (Å²) < 4.78 is 13.9. The highest BCUT2D eigenvalue weighted by atomic mass is 79.9. The second-order valence-electron chi connectivity index (χ2n) is 6.90. The van der Waals surface area contributed by atoms with Crippen molar-refractivity contribution in [1.29, 1.82) is 0 Å². The summed E-state index contributed by atoms with van der Waals surface area (Å²) in [4.78, 5) is 9.16. The Balaban J connectivity index is 1.91. The normalized spacial score (nSPS) is 14.7. The molecular formula is C17H20BrFN4. The molecule has 1 heterocycles. The first-order valence-electron chi connectivity index (χ1n) is 7.69. The van der Waals surface area contributed by atoms with E-state index in [2.05, 4.69) is 57.3 Å². The summed E-state index contributed by atoms with van der Waals surface area (Å²) in [6, 6.07) is 6.51. The van der Waals surface area contributed by atoms with Gasteiger partial charge in [0, 0.05) is 22.0 Å². The molecule has 0 aliphatic heterocycles. The van der Waals surface area contributed by atoms with E-state index >= 15 is 0 Å². The van der Waals surface area contributed by atoms with Crippen molar-refractivity contribution in [3.8, 4) is 0 Å². The summed E-state index contributed by atoms with van der Waals surface area (Å²) in [5.74, 6) is 1.57. The van der Waals surface area contributed by atoms with Crippen LogP contribution in [0.3, 0.4) is 0 Å². The van der Waals surface area contributed by atoms with Crippen LogP contribution in [0.5, 0.6) is 0 Å². The van der Waals surface area contributed by atoms with E-state index in [1.807, 2.05) is 6.07 Å². The van der Waals surface area contributed by atoms with Crippen LogP contribution in [-0.4, -0.2) is 15.5 Å². The maximum atomic E-state index is 13.2. The molecular weight excluding hydrogens is 359 g/mol. The molecule has 0 amide bonds. The van der Waals surface area contributed by atoms with Crippen LogP contribution in [0.25, 0.3) is 0 Å². The van der Waals surface area contributed by atoms with Crippen LogP contribution in [0.4, 0.5) is 21.8 Å². The molecule has 0 unspecified atom stereocenters. The van der Waals surface area contributed by atoms with Crippen LogP contribution in [0.2, 0.25) is 0 Å². The highest BCUT2D eigenvalue weighted by Crippen LogP contribution is 2.40. The molecule has 0 saturated heterocycles. The van der Waals surface area contributed by atoms with Gasteiger partial charge in [0.15, 0.2) is 0 Å². The topological polar surface area (TPSA) is 49.8 Å². The molecule has 2 N–H and O–H groups in total. The van der Waals surface area contributed by atoms with Crippen LogP contribution in [0, 0.1) is 5.82 Å². The Bertz CT molecular complexity index is 723. The van der Waals surface area contributed by atoms with Crippen LogP contribution in [-0.2, 0) is 0 Å². The lowest BCUT2D eigenvalue weighted by Crippen LogP contribution is -2.27. The summed E-state index contributed by atoms with van der Waals surface area (Å²) in [6.07, 6.45) is 2.34. The van der Waals surface area contributed by atoms with Gasteiger partial charge in [0.2, 0.25) is 5.95 Å². The lowest BCUT2D eigenvalue weighted by atomic mass is 10.1. The molecule has 1 saturated carbocycles. The minimum Gasteiger partial charge on any atom is -0.350 e. The third kappa shape index (κ3) is 4.41. The van der Waals surface area contributed by atoms with E-state index in [9.17, 15) is 4.39 Å². The van der Waals surface area contributed by atoms with Gasteiger partial charge in [-0.05, 0) is 67.7 Å². The minimum absolute atomic E-state index is 0.115. The molecule has 122 valence electrons. The second-order valence-corrected chi connectivity index (χ2v) is 7.75. The summed E-state index contributed by atoms with van der Waals surface area (Å²) in [5, 5.41) is 6.56. The lowest BCUT2D eigenvalue weighted by Gasteiger charge is -2.21. The molecule has 1 aromatic heterocycles. The van der Waals surface area contributed by atoms with Crippen molar-refractivity contribution in [3.05, 3.63) is 40.2 Å².